The van der Waals surface area contributed by atoms with Crippen LogP contribution < -0.4 is 5.32 Å². The number of carbonyl (C=O) groups is 1. The molecule has 0 saturated carbocycles. The van der Waals surface area contributed by atoms with Crippen LogP contribution in [0.25, 0.3) is 0 Å². The molecule has 0 aromatic heterocycles. The van der Waals surface area contributed by atoms with Crippen LogP contribution in [0, 0.1) is 20.8 Å². The van der Waals surface area contributed by atoms with Crippen LogP contribution in [0.5, 0.6) is 0 Å². The van der Waals surface area contributed by atoms with Crippen LogP contribution in [0.4, 0.5) is 4.79 Å². The molecule has 20 heavy (non-hydrogen) atoms. The first kappa shape index (κ1) is 16.5. The number of nitrogens with one attached hydrogen (secondary N) is 1. The number of hydrogen-bond donors (Lipinski definition) is 2. The lowest BCUT2D eigenvalue weighted by Crippen LogP contribution is -2.44. The standard InChI is InChI=1S/C16H26N2O2/c1-11-7-12(2)14(13(3)8-11)9-17-15(19)18(6)10-16(4,5)20/h7-8,20H,9-10H2,1-6H3,(H,17,19). The minimum absolute atomic E-state index is 0.175. The fourth-order valence-electron chi connectivity index (χ4n) is 2.44. The van der Waals surface area contributed by atoms with Gasteiger partial charge in [-0.05, 0) is 51.3 Å². The quantitative estimate of drug-likeness (QED) is 0.889. The minimum atomic E-state index is -0.887. The van der Waals surface area contributed by atoms with E-state index in [1.165, 1.54) is 21.6 Å². The molecule has 4 heteroatoms. The van der Waals surface area contributed by atoms with Gasteiger partial charge in [-0.25, -0.2) is 4.79 Å². The first-order valence-corrected chi connectivity index (χ1v) is 6.88. The normalized spacial score (nSPS) is 11.3. The highest BCUT2D eigenvalue weighted by molar-refractivity contribution is 5.74. The maximum Gasteiger partial charge on any atom is 0.317 e. The Morgan fingerprint density at radius 3 is 2.20 bits per heavy atom. The molecule has 0 atom stereocenters. The Morgan fingerprint density at radius 1 is 1.25 bits per heavy atom. The molecule has 2 amide bonds. The van der Waals surface area contributed by atoms with Crippen LogP contribution >= 0.6 is 0 Å². The molecule has 2 N–H and O–H groups in total. The maximum absolute atomic E-state index is 12.0. The second-order valence-corrected chi connectivity index (χ2v) is 6.20. The predicted molar refractivity (Wildman–Crippen MR) is 81.8 cm³/mol. The van der Waals surface area contributed by atoms with Gasteiger partial charge in [-0.15, -0.1) is 0 Å². The molecular formula is C16H26N2O2. The minimum Gasteiger partial charge on any atom is -0.389 e. The molecule has 0 bridgehead atoms. The number of hydrogen-bond acceptors (Lipinski definition) is 2. The Labute approximate surface area is 121 Å². The second-order valence-electron chi connectivity index (χ2n) is 6.20. The highest BCUT2D eigenvalue weighted by Gasteiger charge is 2.19. The third-order valence-electron chi connectivity index (χ3n) is 3.23. The number of benzene rings is 1. The van der Waals surface area contributed by atoms with E-state index in [1.54, 1.807) is 20.9 Å². The summed E-state index contributed by atoms with van der Waals surface area (Å²) in [6.45, 7) is 10.4. The molecular weight excluding hydrogens is 252 g/mol. The summed E-state index contributed by atoms with van der Waals surface area (Å²) in [5.41, 5.74) is 3.87. The van der Waals surface area contributed by atoms with Crippen molar-refractivity contribution in [2.75, 3.05) is 13.6 Å². The fraction of sp³-hybridized carbons (Fsp3) is 0.562. The summed E-state index contributed by atoms with van der Waals surface area (Å²) in [6.07, 6.45) is 0. The van der Waals surface area contributed by atoms with Gasteiger partial charge in [-0.1, -0.05) is 17.7 Å². The molecule has 0 aliphatic carbocycles. The van der Waals surface area contributed by atoms with Crippen molar-refractivity contribution in [1.29, 1.82) is 0 Å². The van der Waals surface area contributed by atoms with Crippen molar-refractivity contribution in [2.45, 2.75) is 46.8 Å². The molecule has 112 valence electrons. The van der Waals surface area contributed by atoms with Crippen molar-refractivity contribution in [3.05, 3.63) is 34.4 Å². The molecule has 0 fully saturated rings. The SMILES string of the molecule is Cc1cc(C)c(CNC(=O)N(C)CC(C)(C)O)c(C)c1. The van der Waals surface area contributed by atoms with E-state index < -0.39 is 5.60 Å². The van der Waals surface area contributed by atoms with Crippen LogP contribution in [0.1, 0.15) is 36.1 Å². The molecule has 0 saturated heterocycles. The molecule has 0 unspecified atom stereocenters. The average Bonchev–Trinajstić information content (AvgIpc) is 2.24. The van der Waals surface area contributed by atoms with Crippen molar-refractivity contribution in [1.82, 2.24) is 10.2 Å². The summed E-state index contributed by atoms with van der Waals surface area (Å²) < 4.78 is 0. The van der Waals surface area contributed by atoms with Gasteiger partial charge in [0.15, 0.2) is 0 Å². The summed E-state index contributed by atoms with van der Waals surface area (Å²) in [4.78, 5) is 13.5. The lowest BCUT2D eigenvalue weighted by molar-refractivity contribution is 0.0531. The molecule has 4 nitrogen and oxygen atoms in total. The molecule has 0 aliphatic heterocycles. The smallest absolute Gasteiger partial charge is 0.317 e. The van der Waals surface area contributed by atoms with Gasteiger partial charge in [0.1, 0.15) is 0 Å². The van der Waals surface area contributed by atoms with E-state index in [2.05, 4.69) is 38.2 Å². The van der Waals surface area contributed by atoms with Crippen molar-refractivity contribution >= 4 is 6.03 Å². The zero-order valence-corrected chi connectivity index (χ0v) is 13.4. The lowest BCUT2D eigenvalue weighted by atomic mass is 10.00. The molecule has 1 aromatic carbocycles. The molecule has 1 aromatic rings. The zero-order valence-electron chi connectivity index (χ0n) is 13.4. The van der Waals surface area contributed by atoms with Crippen molar-refractivity contribution < 1.29 is 9.90 Å². The van der Waals surface area contributed by atoms with Crippen LogP contribution in [-0.2, 0) is 6.54 Å². The fourth-order valence-corrected chi connectivity index (χ4v) is 2.44. The Morgan fingerprint density at radius 2 is 1.75 bits per heavy atom. The monoisotopic (exact) mass is 278 g/mol. The largest absolute Gasteiger partial charge is 0.389 e. The Hall–Kier alpha value is -1.55. The number of rotatable bonds is 4. The zero-order chi connectivity index (χ0) is 15.5. The van der Waals surface area contributed by atoms with E-state index in [-0.39, 0.29) is 6.03 Å². The van der Waals surface area contributed by atoms with Crippen molar-refractivity contribution in [3.63, 3.8) is 0 Å². The summed E-state index contributed by atoms with van der Waals surface area (Å²) >= 11 is 0. The number of urea groups is 1. The van der Waals surface area contributed by atoms with Gasteiger partial charge in [0, 0.05) is 13.6 Å². The predicted octanol–water partition coefficient (Wildman–Crippen LogP) is 2.52. The maximum atomic E-state index is 12.0. The van der Waals surface area contributed by atoms with Gasteiger partial charge in [0.25, 0.3) is 0 Å². The van der Waals surface area contributed by atoms with E-state index in [0.717, 1.165) is 5.56 Å². The third kappa shape index (κ3) is 4.85. The van der Waals surface area contributed by atoms with Gasteiger partial charge in [0.2, 0.25) is 0 Å². The number of amides is 2. The Bertz CT molecular complexity index is 467. The number of aryl methyl sites for hydroxylation is 3. The Balaban J connectivity index is 2.66. The van der Waals surface area contributed by atoms with E-state index in [9.17, 15) is 9.90 Å². The van der Waals surface area contributed by atoms with Gasteiger partial charge < -0.3 is 15.3 Å². The summed E-state index contributed by atoms with van der Waals surface area (Å²) in [5.74, 6) is 0. The van der Waals surface area contributed by atoms with Crippen LogP contribution in [0.3, 0.4) is 0 Å². The Kier molecular flexibility index (Phi) is 5.17. The molecule has 0 heterocycles. The molecule has 0 radical (unpaired) electrons. The van der Waals surface area contributed by atoms with Gasteiger partial charge >= 0.3 is 6.03 Å². The molecule has 0 spiro atoms. The van der Waals surface area contributed by atoms with Crippen molar-refractivity contribution in [2.24, 2.45) is 0 Å². The number of likely N-dealkylation sites (N-methyl/N-ethyl adjacent to an activating group) is 1. The summed E-state index contributed by atoms with van der Waals surface area (Å²) in [5, 5.41) is 12.6. The van der Waals surface area contributed by atoms with E-state index in [0.29, 0.717) is 13.1 Å². The van der Waals surface area contributed by atoms with Crippen molar-refractivity contribution in [3.8, 4) is 0 Å². The topological polar surface area (TPSA) is 52.6 Å². The second kappa shape index (κ2) is 6.27. The highest BCUT2D eigenvalue weighted by atomic mass is 16.3. The van der Waals surface area contributed by atoms with Gasteiger partial charge in [-0.2, -0.15) is 0 Å². The van der Waals surface area contributed by atoms with Crippen LogP contribution in [-0.4, -0.2) is 35.2 Å². The van der Waals surface area contributed by atoms with Gasteiger partial charge in [0.05, 0.1) is 12.1 Å². The third-order valence-corrected chi connectivity index (χ3v) is 3.23. The van der Waals surface area contributed by atoms with Crippen LogP contribution in [0.2, 0.25) is 0 Å². The first-order valence-electron chi connectivity index (χ1n) is 6.88. The molecule has 1 rings (SSSR count). The molecule has 0 aliphatic rings. The van der Waals surface area contributed by atoms with E-state index >= 15 is 0 Å². The number of nitrogens with zero attached hydrogens (tertiary/aromatic N) is 1. The summed E-state index contributed by atoms with van der Waals surface area (Å²) in [7, 11) is 1.68. The van der Waals surface area contributed by atoms with Gasteiger partial charge in [-0.3, -0.25) is 0 Å². The number of carbonyl (C=O) groups excluding carboxylic acids is 1. The van der Waals surface area contributed by atoms with Crippen LogP contribution in [0.15, 0.2) is 12.1 Å². The average molecular weight is 278 g/mol. The number of aliphatic hydroxyl groups is 1. The lowest BCUT2D eigenvalue weighted by Gasteiger charge is -2.26. The highest BCUT2D eigenvalue weighted by Crippen LogP contribution is 2.16. The first-order chi connectivity index (χ1) is 9.10. The van der Waals surface area contributed by atoms with E-state index in [1.807, 2.05) is 0 Å². The summed E-state index contributed by atoms with van der Waals surface area (Å²) in [6, 6.07) is 4.07. The van der Waals surface area contributed by atoms with E-state index in [4.69, 9.17) is 0 Å².